The van der Waals surface area contributed by atoms with Crippen molar-refractivity contribution in [2.24, 2.45) is 0 Å². The van der Waals surface area contributed by atoms with E-state index in [-0.39, 0.29) is 39.5 Å². The number of aliphatic hydroxyl groups excluding tert-OH is 1. The molecule has 1 aliphatic rings. The van der Waals surface area contributed by atoms with Gasteiger partial charge in [-0.25, -0.2) is 9.59 Å². The zero-order valence-electron chi connectivity index (χ0n) is 17.8. The Morgan fingerprint density at radius 1 is 0.774 bits per heavy atom. The molecule has 0 aromatic heterocycles. The van der Waals surface area contributed by atoms with E-state index < -0.39 is 29.1 Å². The lowest BCUT2D eigenvalue weighted by Crippen LogP contribution is -2.25. The molecule has 1 atom stereocenters. The Hall–Kier alpha value is -2.07. The van der Waals surface area contributed by atoms with Gasteiger partial charge in [0.15, 0.2) is 0 Å². The van der Waals surface area contributed by atoms with Gasteiger partial charge in [-0.05, 0) is 50.7 Å². The molecule has 0 aliphatic carbocycles. The van der Waals surface area contributed by atoms with Gasteiger partial charge in [0.05, 0.1) is 32.8 Å². The highest BCUT2D eigenvalue weighted by molar-refractivity contribution is 8.00. The van der Waals surface area contributed by atoms with E-state index in [1.54, 1.807) is 0 Å². The molecule has 1 rings (SSSR count). The van der Waals surface area contributed by atoms with Crippen molar-refractivity contribution in [2.75, 3.05) is 38.8 Å². The first kappa shape index (κ1) is 27.0. The summed E-state index contributed by atoms with van der Waals surface area (Å²) in [4.78, 5) is 47.5. The SMILES string of the molecule is O=C1/C=C/C(=O)OCCCCCOC(=O)C(SCCCO)CC(=O)OCCCCCO1. The second-order valence-electron chi connectivity index (χ2n) is 6.82. The quantitative estimate of drug-likeness (QED) is 0.378. The summed E-state index contributed by atoms with van der Waals surface area (Å²) in [6.45, 7) is 0.806. The van der Waals surface area contributed by atoms with Crippen molar-refractivity contribution in [1.82, 2.24) is 0 Å². The molecule has 31 heavy (non-hydrogen) atoms. The maximum atomic E-state index is 12.3. The molecule has 0 fully saturated rings. The Labute approximate surface area is 186 Å². The van der Waals surface area contributed by atoms with E-state index in [1.807, 2.05) is 0 Å². The van der Waals surface area contributed by atoms with Gasteiger partial charge in [0, 0.05) is 18.8 Å². The van der Waals surface area contributed by atoms with Crippen LogP contribution in [0.2, 0.25) is 0 Å². The second kappa shape index (κ2) is 17.6. The van der Waals surface area contributed by atoms with Crippen LogP contribution in [0.1, 0.15) is 51.4 Å². The van der Waals surface area contributed by atoms with Gasteiger partial charge in [-0.3, -0.25) is 9.59 Å². The third-order valence-electron chi connectivity index (χ3n) is 4.17. The van der Waals surface area contributed by atoms with Gasteiger partial charge in [-0.2, -0.15) is 0 Å². The van der Waals surface area contributed by atoms with Gasteiger partial charge in [-0.15, -0.1) is 11.8 Å². The van der Waals surface area contributed by atoms with Gasteiger partial charge in [0.1, 0.15) is 5.25 Å². The minimum absolute atomic E-state index is 0.00882. The standard InChI is InChI=1S/C21H32O9S/c22-10-7-15-31-17-16-20(25)29-13-5-1-3-11-27-18(23)8-9-19(24)28-12-4-2-6-14-30-21(17)26/h8-9,17,22H,1-7,10-16H2/b9-8+. The first-order valence-electron chi connectivity index (χ1n) is 10.6. The molecule has 0 aromatic carbocycles. The molecule has 1 aliphatic heterocycles. The van der Waals surface area contributed by atoms with E-state index in [0.717, 1.165) is 12.2 Å². The molecule has 0 spiro atoms. The summed E-state index contributed by atoms with van der Waals surface area (Å²) in [6.07, 6.45) is 6.21. The van der Waals surface area contributed by atoms with Crippen molar-refractivity contribution < 1.29 is 43.2 Å². The van der Waals surface area contributed by atoms with Crippen molar-refractivity contribution >= 4 is 35.6 Å². The van der Waals surface area contributed by atoms with Gasteiger partial charge in [-0.1, -0.05) is 0 Å². The molecular formula is C21H32O9S. The summed E-state index contributed by atoms with van der Waals surface area (Å²) in [6, 6.07) is 0. The van der Waals surface area contributed by atoms with Crippen molar-refractivity contribution in [3.8, 4) is 0 Å². The Morgan fingerprint density at radius 2 is 1.29 bits per heavy atom. The molecule has 0 aromatic rings. The molecule has 1 N–H and O–H groups in total. The number of ether oxygens (including phenoxy) is 4. The summed E-state index contributed by atoms with van der Waals surface area (Å²) in [5.74, 6) is -1.64. The summed E-state index contributed by atoms with van der Waals surface area (Å²) < 4.78 is 20.4. The zero-order chi connectivity index (χ0) is 22.7. The lowest BCUT2D eigenvalue weighted by molar-refractivity contribution is -0.149. The van der Waals surface area contributed by atoms with E-state index in [0.29, 0.717) is 50.7 Å². The number of hydrogen-bond donors (Lipinski definition) is 1. The van der Waals surface area contributed by atoms with Crippen LogP contribution in [0.4, 0.5) is 0 Å². The van der Waals surface area contributed by atoms with Crippen molar-refractivity contribution in [3.05, 3.63) is 12.2 Å². The van der Waals surface area contributed by atoms with Crippen molar-refractivity contribution in [2.45, 2.75) is 56.6 Å². The van der Waals surface area contributed by atoms with Crippen LogP contribution < -0.4 is 0 Å². The number of aliphatic hydroxyl groups is 1. The highest BCUT2D eigenvalue weighted by Crippen LogP contribution is 2.19. The fourth-order valence-electron chi connectivity index (χ4n) is 2.50. The first-order chi connectivity index (χ1) is 15.0. The van der Waals surface area contributed by atoms with E-state index in [4.69, 9.17) is 24.1 Å². The monoisotopic (exact) mass is 460 g/mol. The maximum absolute atomic E-state index is 12.3. The van der Waals surface area contributed by atoms with Crippen LogP contribution in [0.5, 0.6) is 0 Å². The third kappa shape index (κ3) is 14.5. The van der Waals surface area contributed by atoms with E-state index in [2.05, 4.69) is 0 Å². The van der Waals surface area contributed by atoms with Crippen molar-refractivity contribution in [1.29, 1.82) is 0 Å². The predicted molar refractivity (Wildman–Crippen MR) is 113 cm³/mol. The van der Waals surface area contributed by atoms with Crippen LogP contribution in [0, 0.1) is 0 Å². The van der Waals surface area contributed by atoms with E-state index >= 15 is 0 Å². The number of hydrogen-bond acceptors (Lipinski definition) is 10. The van der Waals surface area contributed by atoms with Crippen LogP contribution >= 0.6 is 11.8 Å². The molecule has 0 radical (unpaired) electrons. The number of carbonyl (C=O) groups excluding carboxylic acids is 4. The van der Waals surface area contributed by atoms with Gasteiger partial charge < -0.3 is 24.1 Å². The minimum atomic E-state index is -0.677. The smallest absolute Gasteiger partial charge is 0.331 e. The minimum Gasteiger partial charge on any atom is -0.466 e. The summed E-state index contributed by atoms with van der Waals surface area (Å²) in [7, 11) is 0. The molecule has 1 heterocycles. The summed E-state index contributed by atoms with van der Waals surface area (Å²) in [5, 5.41) is 8.26. The van der Waals surface area contributed by atoms with Gasteiger partial charge in [0.25, 0.3) is 0 Å². The Balaban J connectivity index is 2.56. The highest BCUT2D eigenvalue weighted by Gasteiger charge is 2.24. The fourth-order valence-corrected chi connectivity index (χ4v) is 3.54. The number of rotatable bonds is 4. The molecule has 176 valence electrons. The zero-order valence-corrected chi connectivity index (χ0v) is 18.6. The Kier molecular flexibility index (Phi) is 15.3. The van der Waals surface area contributed by atoms with Gasteiger partial charge >= 0.3 is 23.9 Å². The molecular weight excluding hydrogens is 428 g/mol. The lowest BCUT2D eigenvalue weighted by Gasteiger charge is -2.15. The van der Waals surface area contributed by atoms with Crippen molar-refractivity contribution in [3.63, 3.8) is 0 Å². The first-order valence-corrected chi connectivity index (χ1v) is 11.6. The van der Waals surface area contributed by atoms with Gasteiger partial charge in [0.2, 0.25) is 0 Å². The molecule has 10 heteroatoms. The highest BCUT2D eigenvalue weighted by atomic mass is 32.2. The molecule has 1 unspecified atom stereocenters. The Morgan fingerprint density at radius 3 is 1.84 bits per heavy atom. The van der Waals surface area contributed by atoms with E-state index in [9.17, 15) is 19.2 Å². The maximum Gasteiger partial charge on any atom is 0.331 e. The number of esters is 4. The number of cyclic esters (lactones) is 4. The second-order valence-corrected chi connectivity index (χ2v) is 8.13. The molecule has 0 bridgehead atoms. The van der Waals surface area contributed by atoms with Crippen LogP contribution in [-0.4, -0.2) is 73.0 Å². The molecule has 0 saturated carbocycles. The molecule has 0 saturated heterocycles. The number of thioether (sulfide) groups is 1. The molecule has 9 nitrogen and oxygen atoms in total. The van der Waals surface area contributed by atoms with Crippen LogP contribution in [0.15, 0.2) is 12.2 Å². The Bertz CT molecular complexity index is 591. The average Bonchev–Trinajstić information content (AvgIpc) is 2.75. The van der Waals surface area contributed by atoms with Crippen LogP contribution in [0.3, 0.4) is 0 Å². The number of carbonyl (C=O) groups is 4. The van der Waals surface area contributed by atoms with Crippen LogP contribution in [-0.2, 0) is 38.1 Å². The summed E-state index contributed by atoms with van der Waals surface area (Å²) >= 11 is 1.27. The molecule has 0 amide bonds. The largest absolute Gasteiger partial charge is 0.466 e. The topological polar surface area (TPSA) is 125 Å². The predicted octanol–water partition coefficient (Wildman–Crippen LogP) is 1.94. The summed E-state index contributed by atoms with van der Waals surface area (Å²) in [5.41, 5.74) is 0. The fraction of sp³-hybridized carbons (Fsp3) is 0.714. The third-order valence-corrected chi connectivity index (χ3v) is 5.45. The van der Waals surface area contributed by atoms with Crippen LogP contribution in [0.25, 0.3) is 0 Å². The normalized spacial score (nSPS) is 22.7. The lowest BCUT2D eigenvalue weighted by atomic mass is 10.2. The van der Waals surface area contributed by atoms with E-state index in [1.165, 1.54) is 11.8 Å². The average molecular weight is 461 g/mol.